The van der Waals surface area contributed by atoms with E-state index in [1.807, 2.05) is 54.3 Å². The van der Waals surface area contributed by atoms with E-state index in [-0.39, 0.29) is 24.1 Å². The van der Waals surface area contributed by atoms with E-state index in [9.17, 15) is 9.90 Å². The van der Waals surface area contributed by atoms with Gasteiger partial charge >= 0.3 is 0 Å². The number of nitrogens with zero attached hydrogens (tertiary/aromatic N) is 2. The van der Waals surface area contributed by atoms with Crippen molar-refractivity contribution in [2.45, 2.75) is 32.2 Å². The summed E-state index contributed by atoms with van der Waals surface area (Å²) in [4.78, 5) is 17.6. The number of aromatic hydroxyl groups is 1. The lowest BCUT2D eigenvalue weighted by Gasteiger charge is -2.34. The van der Waals surface area contributed by atoms with Crippen molar-refractivity contribution in [1.82, 2.24) is 9.80 Å². The number of furan rings is 1. The minimum absolute atomic E-state index is 0.0408. The summed E-state index contributed by atoms with van der Waals surface area (Å²) in [6.45, 7) is 5.52. The van der Waals surface area contributed by atoms with E-state index in [2.05, 4.69) is 4.90 Å². The molecule has 1 N–H and O–H groups in total. The highest BCUT2D eigenvalue weighted by Gasteiger charge is 2.28. The molecule has 0 aliphatic carbocycles. The second-order valence-corrected chi connectivity index (χ2v) is 7.73. The van der Waals surface area contributed by atoms with Gasteiger partial charge in [0.2, 0.25) is 5.91 Å². The molecular weight excluding hydrogens is 364 g/mol. The largest absolute Gasteiger partial charge is 0.508 e. The summed E-state index contributed by atoms with van der Waals surface area (Å²) in [6, 6.07) is 17.0. The van der Waals surface area contributed by atoms with Crippen molar-refractivity contribution >= 4 is 16.9 Å². The van der Waals surface area contributed by atoms with Crippen LogP contribution in [0.2, 0.25) is 0 Å². The summed E-state index contributed by atoms with van der Waals surface area (Å²) < 4.78 is 5.87. The standard InChI is InChI=1S/C24H28N2O3/c1-2-26(24(28)16-21-15-19-8-3-4-11-23(19)29-21)22(17-25-12-5-6-13-25)18-9-7-10-20(27)14-18/h3-4,7-11,14-15,22,27H,2,5-6,12-13,16-17H2,1H3/t22-/m1/s1. The third-order valence-electron chi connectivity index (χ3n) is 5.72. The second-order valence-electron chi connectivity index (χ2n) is 7.73. The summed E-state index contributed by atoms with van der Waals surface area (Å²) in [5.74, 6) is 0.958. The van der Waals surface area contributed by atoms with E-state index in [4.69, 9.17) is 4.42 Å². The van der Waals surface area contributed by atoms with Crippen molar-refractivity contribution in [3.63, 3.8) is 0 Å². The predicted molar refractivity (Wildman–Crippen MR) is 114 cm³/mol. The number of phenolic OH excluding ortho intramolecular Hbond substituents is 1. The number of carbonyl (C=O) groups is 1. The van der Waals surface area contributed by atoms with Crippen LogP contribution < -0.4 is 0 Å². The predicted octanol–water partition coefficient (Wildman–Crippen LogP) is 4.37. The topological polar surface area (TPSA) is 56.9 Å². The molecule has 29 heavy (non-hydrogen) atoms. The van der Waals surface area contributed by atoms with Crippen molar-refractivity contribution in [1.29, 1.82) is 0 Å². The molecule has 1 amide bonds. The highest BCUT2D eigenvalue weighted by Crippen LogP contribution is 2.28. The van der Waals surface area contributed by atoms with E-state index in [0.29, 0.717) is 12.3 Å². The zero-order valence-electron chi connectivity index (χ0n) is 16.9. The summed E-state index contributed by atoms with van der Waals surface area (Å²) in [6.07, 6.45) is 2.63. The molecule has 1 fully saturated rings. The lowest BCUT2D eigenvalue weighted by atomic mass is 10.0. The van der Waals surface area contributed by atoms with Crippen LogP contribution in [-0.4, -0.2) is 47.0 Å². The third kappa shape index (κ3) is 4.46. The zero-order valence-corrected chi connectivity index (χ0v) is 16.9. The Morgan fingerprint density at radius 3 is 2.66 bits per heavy atom. The van der Waals surface area contributed by atoms with Gasteiger partial charge in [0.05, 0.1) is 12.5 Å². The molecule has 152 valence electrons. The normalized spacial score (nSPS) is 15.6. The molecule has 1 atom stereocenters. The molecule has 0 saturated carbocycles. The lowest BCUT2D eigenvalue weighted by molar-refractivity contribution is -0.133. The zero-order chi connectivity index (χ0) is 20.2. The summed E-state index contributed by atoms with van der Waals surface area (Å²) in [5, 5.41) is 11.0. The Morgan fingerprint density at radius 1 is 1.14 bits per heavy atom. The van der Waals surface area contributed by atoms with Crippen LogP contribution in [0.15, 0.2) is 59.0 Å². The maximum Gasteiger partial charge on any atom is 0.230 e. The van der Waals surface area contributed by atoms with E-state index in [1.165, 1.54) is 12.8 Å². The van der Waals surface area contributed by atoms with Crippen molar-refractivity contribution < 1.29 is 14.3 Å². The van der Waals surface area contributed by atoms with Crippen LogP contribution in [0.1, 0.15) is 37.1 Å². The van der Waals surface area contributed by atoms with Gasteiger partial charge in [-0.1, -0.05) is 30.3 Å². The average Bonchev–Trinajstić information content (AvgIpc) is 3.36. The van der Waals surface area contributed by atoms with Crippen LogP contribution in [0.4, 0.5) is 0 Å². The van der Waals surface area contributed by atoms with Crippen LogP contribution in [-0.2, 0) is 11.2 Å². The highest BCUT2D eigenvalue weighted by molar-refractivity contribution is 5.82. The number of likely N-dealkylation sites (tertiary alicyclic amines) is 1. The number of rotatable bonds is 7. The SMILES string of the molecule is CCN(C(=O)Cc1cc2ccccc2o1)[C@H](CN1CCCC1)c1cccc(O)c1. The fourth-order valence-corrected chi connectivity index (χ4v) is 4.27. The molecule has 0 unspecified atom stereocenters. The van der Waals surface area contributed by atoms with Gasteiger partial charge in [-0.05, 0) is 62.7 Å². The summed E-state index contributed by atoms with van der Waals surface area (Å²) >= 11 is 0. The van der Waals surface area contributed by atoms with E-state index in [1.54, 1.807) is 12.1 Å². The minimum atomic E-state index is -0.0953. The number of fused-ring (bicyclic) bond motifs is 1. The molecular formula is C24H28N2O3. The molecule has 4 rings (SSSR count). The van der Waals surface area contributed by atoms with Gasteiger partial charge in [-0.3, -0.25) is 4.79 Å². The lowest BCUT2D eigenvalue weighted by Crippen LogP contribution is -2.41. The number of benzene rings is 2. The molecule has 2 aromatic carbocycles. The molecule has 1 aliphatic rings. The fourth-order valence-electron chi connectivity index (χ4n) is 4.27. The first kappa shape index (κ1) is 19.5. The van der Waals surface area contributed by atoms with Gasteiger partial charge in [0.1, 0.15) is 17.1 Å². The number of amides is 1. The first-order valence-corrected chi connectivity index (χ1v) is 10.4. The number of para-hydroxylation sites is 1. The van der Waals surface area contributed by atoms with Gasteiger partial charge < -0.3 is 19.3 Å². The van der Waals surface area contributed by atoms with Crippen molar-refractivity contribution in [2.75, 3.05) is 26.2 Å². The quantitative estimate of drug-likeness (QED) is 0.649. The maximum absolute atomic E-state index is 13.3. The Labute approximate surface area is 171 Å². The number of hydrogen-bond donors (Lipinski definition) is 1. The molecule has 5 nitrogen and oxygen atoms in total. The third-order valence-corrected chi connectivity index (χ3v) is 5.72. The van der Waals surface area contributed by atoms with Crippen LogP contribution >= 0.6 is 0 Å². The highest BCUT2D eigenvalue weighted by atomic mass is 16.3. The molecule has 1 aromatic heterocycles. The molecule has 5 heteroatoms. The van der Waals surface area contributed by atoms with Gasteiger partial charge in [-0.15, -0.1) is 0 Å². The van der Waals surface area contributed by atoms with Crippen molar-refractivity contribution in [3.05, 3.63) is 65.9 Å². The smallest absolute Gasteiger partial charge is 0.230 e. The van der Waals surface area contributed by atoms with Gasteiger partial charge in [-0.2, -0.15) is 0 Å². The van der Waals surface area contributed by atoms with Crippen LogP contribution in [0.25, 0.3) is 11.0 Å². The Kier molecular flexibility index (Phi) is 5.86. The minimum Gasteiger partial charge on any atom is -0.508 e. The van der Waals surface area contributed by atoms with Gasteiger partial charge in [-0.25, -0.2) is 0 Å². The van der Waals surface area contributed by atoms with Gasteiger partial charge in [0, 0.05) is 18.5 Å². The van der Waals surface area contributed by atoms with E-state index in [0.717, 1.165) is 36.2 Å². The second kappa shape index (κ2) is 8.70. The number of hydrogen-bond acceptors (Lipinski definition) is 4. The molecule has 2 heterocycles. The van der Waals surface area contributed by atoms with Crippen LogP contribution in [0.3, 0.4) is 0 Å². The Bertz CT molecular complexity index is 942. The van der Waals surface area contributed by atoms with Gasteiger partial charge in [0.25, 0.3) is 0 Å². The average molecular weight is 392 g/mol. The molecule has 1 aliphatic heterocycles. The first-order valence-electron chi connectivity index (χ1n) is 10.4. The molecule has 0 bridgehead atoms. The Balaban J connectivity index is 1.58. The number of phenols is 1. The summed E-state index contributed by atoms with van der Waals surface area (Å²) in [7, 11) is 0. The van der Waals surface area contributed by atoms with E-state index >= 15 is 0 Å². The Morgan fingerprint density at radius 2 is 1.93 bits per heavy atom. The maximum atomic E-state index is 13.3. The molecule has 0 spiro atoms. The van der Waals surface area contributed by atoms with Gasteiger partial charge in [0.15, 0.2) is 0 Å². The monoisotopic (exact) mass is 392 g/mol. The molecule has 0 radical (unpaired) electrons. The van der Waals surface area contributed by atoms with E-state index < -0.39 is 0 Å². The first-order chi connectivity index (χ1) is 14.1. The van der Waals surface area contributed by atoms with Crippen LogP contribution in [0.5, 0.6) is 5.75 Å². The number of carbonyl (C=O) groups excluding carboxylic acids is 1. The summed E-state index contributed by atoms with van der Waals surface area (Å²) in [5.41, 5.74) is 1.77. The number of likely N-dealkylation sites (N-methyl/N-ethyl adjacent to an activating group) is 1. The molecule has 3 aromatic rings. The van der Waals surface area contributed by atoms with Crippen molar-refractivity contribution in [3.8, 4) is 5.75 Å². The van der Waals surface area contributed by atoms with Crippen LogP contribution in [0, 0.1) is 0 Å². The molecule has 1 saturated heterocycles. The van der Waals surface area contributed by atoms with Crippen molar-refractivity contribution in [2.24, 2.45) is 0 Å². The fraction of sp³-hybridized carbons (Fsp3) is 0.375. The Hall–Kier alpha value is -2.79.